The number of nitrogens with zero attached hydrogens (tertiary/aromatic N) is 1. The minimum Gasteiger partial charge on any atom is -0.229 e. The van der Waals surface area contributed by atoms with E-state index in [0.717, 1.165) is 24.2 Å². The smallest absolute Gasteiger partial charge is 0.229 e. The van der Waals surface area contributed by atoms with Crippen molar-refractivity contribution in [3.8, 4) is 0 Å². The maximum atomic E-state index is 12.2. The molecule has 7 heteroatoms. The van der Waals surface area contributed by atoms with Crippen LogP contribution < -0.4 is 4.72 Å². The van der Waals surface area contributed by atoms with Gasteiger partial charge in [0.05, 0.1) is 5.69 Å². The molecule has 0 aromatic carbocycles. The number of aryl methyl sites for hydroxylation is 1. The molecule has 1 saturated carbocycles. The van der Waals surface area contributed by atoms with Crippen molar-refractivity contribution in [1.82, 2.24) is 9.71 Å². The average molecular weight is 323 g/mol. The molecule has 1 aliphatic carbocycles. The van der Waals surface area contributed by atoms with E-state index < -0.39 is 10.0 Å². The summed E-state index contributed by atoms with van der Waals surface area (Å²) in [6.45, 7) is 4.41. The van der Waals surface area contributed by atoms with Crippen molar-refractivity contribution in [2.24, 2.45) is 11.8 Å². The normalized spacial score (nSPS) is 24.6. The van der Waals surface area contributed by atoms with Crippen LogP contribution in [0.2, 0.25) is 4.47 Å². The lowest BCUT2D eigenvalue weighted by Crippen LogP contribution is -2.31. The number of sulfonamides is 1. The van der Waals surface area contributed by atoms with Crippen LogP contribution in [0.15, 0.2) is 4.21 Å². The van der Waals surface area contributed by atoms with Crippen molar-refractivity contribution in [2.45, 2.75) is 43.7 Å². The summed E-state index contributed by atoms with van der Waals surface area (Å²) in [6, 6.07) is 0. The Morgan fingerprint density at radius 3 is 2.79 bits per heavy atom. The second kappa shape index (κ2) is 6.08. The minimum absolute atomic E-state index is 0.237. The Morgan fingerprint density at radius 2 is 2.21 bits per heavy atom. The van der Waals surface area contributed by atoms with E-state index in [9.17, 15) is 8.42 Å². The van der Waals surface area contributed by atoms with Gasteiger partial charge in [0.1, 0.15) is 0 Å². The molecule has 0 amide bonds. The number of thiazole rings is 1. The highest BCUT2D eigenvalue weighted by molar-refractivity contribution is 7.91. The van der Waals surface area contributed by atoms with Crippen LogP contribution in [-0.4, -0.2) is 19.9 Å². The molecule has 0 radical (unpaired) electrons. The number of aromatic nitrogens is 1. The highest BCUT2D eigenvalue weighted by atomic mass is 35.5. The molecule has 4 nitrogen and oxygen atoms in total. The van der Waals surface area contributed by atoms with E-state index in [4.69, 9.17) is 11.6 Å². The molecule has 2 unspecified atom stereocenters. The average Bonchev–Trinajstić information content (AvgIpc) is 2.67. The first-order valence-corrected chi connectivity index (χ1v) is 9.19. The van der Waals surface area contributed by atoms with Gasteiger partial charge >= 0.3 is 0 Å². The monoisotopic (exact) mass is 322 g/mol. The largest absolute Gasteiger partial charge is 0.251 e. The first kappa shape index (κ1) is 15.2. The van der Waals surface area contributed by atoms with Crippen LogP contribution in [0, 0.1) is 18.8 Å². The highest BCUT2D eigenvalue weighted by Crippen LogP contribution is 2.29. The van der Waals surface area contributed by atoms with Gasteiger partial charge in [0.25, 0.3) is 10.0 Å². The summed E-state index contributed by atoms with van der Waals surface area (Å²) in [7, 11) is -3.47. The van der Waals surface area contributed by atoms with Gasteiger partial charge in [-0.15, -0.1) is 0 Å². The minimum atomic E-state index is -3.47. The fourth-order valence-electron chi connectivity index (χ4n) is 2.64. The Bertz CT molecular complexity index is 542. The molecule has 0 saturated heterocycles. The van der Waals surface area contributed by atoms with Crippen molar-refractivity contribution in [1.29, 1.82) is 0 Å². The summed E-state index contributed by atoms with van der Waals surface area (Å²) in [4.78, 5) is 3.95. The zero-order valence-electron chi connectivity index (χ0n) is 11.1. The van der Waals surface area contributed by atoms with Crippen LogP contribution in [0.25, 0.3) is 0 Å². The second-order valence-corrected chi connectivity index (χ2v) is 8.87. The fraction of sp³-hybridized carbons (Fsp3) is 0.750. The quantitative estimate of drug-likeness (QED) is 0.926. The van der Waals surface area contributed by atoms with Crippen LogP contribution in [-0.2, 0) is 10.0 Å². The van der Waals surface area contributed by atoms with Gasteiger partial charge in [-0.3, -0.25) is 0 Å². The lowest BCUT2D eigenvalue weighted by molar-refractivity contribution is 0.283. The number of rotatable bonds is 4. The molecule has 1 N–H and O–H groups in total. The van der Waals surface area contributed by atoms with Crippen LogP contribution in [0.5, 0.6) is 0 Å². The summed E-state index contributed by atoms with van der Waals surface area (Å²) in [6.07, 6.45) is 4.66. The standard InChI is InChI=1S/C12H19ClN2O2S2/c1-8-4-3-5-10(6-8)7-14-19(16,17)11-9(2)15-12(13)18-11/h8,10,14H,3-7H2,1-2H3. The Morgan fingerprint density at radius 1 is 1.47 bits per heavy atom. The molecule has 0 bridgehead atoms. The molecule has 1 aliphatic rings. The zero-order valence-corrected chi connectivity index (χ0v) is 13.5. The summed E-state index contributed by atoms with van der Waals surface area (Å²) in [5, 5.41) is 0. The third-order valence-electron chi connectivity index (χ3n) is 3.58. The van der Waals surface area contributed by atoms with Gasteiger partial charge in [0.2, 0.25) is 0 Å². The molecular formula is C12H19ClN2O2S2. The molecule has 1 aromatic rings. The van der Waals surface area contributed by atoms with Gasteiger partial charge in [-0.2, -0.15) is 0 Å². The first-order valence-electron chi connectivity index (χ1n) is 6.51. The highest BCUT2D eigenvalue weighted by Gasteiger charge is 2.24. The third kappa shape index (κ3) is 3.90. The molecular weight excluding hydrogens is 304 g/mol. The van der Waals surface area contributed by atoms with E-state index in [2.05, 4.69) is 16.6 Å². The van der Waals surface area contributed by atoms with Gasteiger partial charge in [-0.1, -0.05) is 42.7 Å². The predicted molar refractivity (Wildman–Crippen MR) is 78.2 cm³/mol. The second-order valence-electron chi connectivity index (χ2n) is 5.33. The molecule has 2 atom stereocenters. The first-order chi connectivity index (χ1) is 8.88. The van der Waals surface area contributed by atoms with E-state index in [0.29, 0.717) is 24.1 Å². The predicted octanol–water partition coefficient (Wildman–Crippen LogP) is 3.21. The summed E-state index contributed by atoms with van der Waals surface area (Å²) in [5.74, 6) is 1.14. The van der Waals surface area contributed by atoms with Crippen LogP contribution >= 0.6 is 22.9 Å². The third-order valence-corrected chi connectivity index (χ3v) is 6.87. The van der Waals surface area contributed by atoms with E-state index in [1.807, 2.05) is 0 Å². The van der Waals surface area contributed by atoms with E-state index in [-0.39, 0.29) is 8.68 Å². The van der Waals surface area contributed by atoms with Crippen LogP contribution in [0.4, 0.5) is 0 Å². The van der Waals surface area contributed by atoms with Gasteiger partial charge in [0.15, 0.2) is 8.68 Å². The molecule has 1 fully saturated rings. The number of hydrogen-bond donors (Lipinski definition) is 1. The molecule has 0 spiro atoms. The van der Waals surface area contributed by atoms with Crippen LogP contribution in [0.3, 0.4) is 0 Å². The van der Waals surface area contributed by atoms with Crippen LogP contribution in [0.1, 0.15) is 38.3 Å². The van der Waals surface area contributed by atoms with Gasteiger partial charge in [0, 0.05) is 6.54 Å². The van der Waals surface area contributed by atoms with Gasteiger partial charge in [-0.05, 0) is 31.6 Å². The van der Waals surface area contributed by atoms with Gasteiger partial charge < -0.3 is 0 Å². The lowest BCUT2D eigenvalue weighted by atomic mass is 9.83. The summed E-state index contributed by atoms with van der Waals surface area (Å²) < 4.78 is 27.6. The van der Waals surface area contributed by atoms with Crippen molar-refractivity contribution in [3.05, 3.63) is 10.2 Å². The number of halogens is 1. The topological polar surface area (TPSA) is 59.1 Å². The summed E-state index contributed by atoms with van der Waals surface area (Å²) in [5.41, 5.74) is 0.472. The maximum Gasteiger partial charge on any atom is 0.251 e. The zero-order chi connectivity index (χ0) is 14.0. The fourth-order valence-corrected chi connectivity index (χ4v) is 5.54. The van der Waals surface area contributed by atoms with Crippen molar-refractivity contribution >= 4 is 33.0 Å². The number of nitrogens with one attached hydrogen (secondary N) is 1. The molecule has 2 rings (SSSR count). The van der Waals surface area contributed by atoms with Gasteiger partial charge in [-0.25, -0.2) is 18.1 Å². The lowest BCUT2D eigenvalue weighted by Gasteiger charge is -2.26. The van der Waals surface area contributed by atoms with Crippen molar-refractivity contribution in [3.63, 3.8) is 0 Å². The summed E-state index contributed by atoms with van der Waals surface area (Å²) >= 11 is 6.77. The van der Waals surface area contributed by atoms with Crippen molar-refractivity contribution < 1.29 is 8.42 Å². The Labute approximate surface area is 123 Å². The molecule has 1 aromatic heterocycles. The molecule has 1 heterocycles. The SMILES string of the molecule is Cc1nc(Cl)sc1S(=O)(=O)NCC1CCCC(C)C1. The number of hydrogen-bond acceptors (Lipinski definition) is 4. The molecule has 108 valence electrons. The Kier molecular flexibility index (Phi) is 4.87. The Balaban J connectivity index is 2.00. The maximum absolute atomic E-state index is 12.2. The molecule has 19 heavy (non-hydrogen) atoms. The Hall–Kier alpha value is -0.170. The van der Waals surface area contributed by atoms with E-state index >= 15 is 0 Å². The molecule has 0 aliphatic heterocycles. The van der Waals surface area contributed by atoms with E-state index in [1.54, 1.807) is 6.92 Å². The van der Waals surface area contributed by atoms with E-state index in [1.165, 1.54) is 12.8 Å². The van der Waals surface area contributed by atoms with Crippen molar-refractivity contribution in [2.75, 3.05) is 6.54 Å².